The highest BCUT2D eigenvalue weighted by Gasteiger charge is 2.46. The van der Waals surface area contributed by atoms with Crippen molar-refractivity contribution in [2.24, 2.45) is 0 Å². The van der Waals surface area contributed by atoms with Crippen LogP contribution in [0.4, 0.5) is 10.1 Å². The summed E-state index contributed by atoms with van der Waals surface area (Å²) in [6, 6.07) is 6.76. The molecule has 3 rings (SSSR count). The SMILES string of the molecule is CN1C(=O)c2ccc(Oc3cc(F)cc(C#N)c3)c([N+](=O)[O-])c2S1(=O)=O. The molecule has 0 saturated carbocycles. The number of halogens is 1. The van der Waals surface area contributed by atoms with Crippen LogP contribution in [0.2, 0.25) is 0 Å². The number of carbonyl (C=O) groups excluding carboxylic acids is 1. The summed E-state index contributed by atoms with van der Waals surface area (Å²) in [7, 11) is -3.43. The van der Waals surface area contributed by atoms with E-state index in [0.29, 0.717) is 4.31 Å². The highest BCUT2D eigenvalue weighted by molar-refractivity contribution is 7.90. The second-order valence-corrected chi connectivity index (χ2v) is 7.12. The first-order valence-electron chi connectivity index (χ1n) is 6.90. The first kappa shape index (κ1) is 17.3. The fourth-order valence-corrected chi connectivity index (χ4v) is 3.91. The van der Waals surface area contributed by atoms with Gasteiger partial charge in [-0.25, -0.2) is 17.1 Å². The number of carbonyl (C=O) groups is 1. The lowest BCUT2D eigenvalue weighted by Gasteiger charge is -2.09. The molecule has 0 spiro atoms. The maximum atomic E-state index is 13.5. The van der Waals surface area contributed by atoms with E-state index in [1.807, 2.05) is 0 Å². The number of amides is 1. The molecule has 9 nitrogen and oxygen atoms in total. The van der Waals surface area contributed by atoms with Crippen LogP contribution >= 0.6 is 0 Å². The summed E-state index contributed by atoms with van der Waals surface area (Å²) in [6.45, 7) is 0. The lowest BCUT2D eigenvalue weighted by Crippen LogP contribution is -2.25. The summed E-state index contributed by atoms with van der Waals surface area (Å²) < 4.78 is 43.8. The Morgan fingerprint density at radius 3 is 2.62 bits per heavy atom. The first-order chi connectivity index (χ1) is 12.2. The molecule has 0 bridgehead atoms. The van der Waals surface area contributed by atoms with Gasteiger partial charge < -0.3 is 4.74 Å². The smallest absolute Gasteiger partial charge is 0.332 e. The average Bonchev–Trinajstić information content (AvgIpc) is 2.75. The summed E-state index contributed by atoms with van der Waals surface area (Å²) in [4.78, 5) is 21.7. The zero-order valence-corrected chi connectivity index (χ0v) is 13.8. The van der Waals surface area contributed by atoms with Crippen LogP contribution in [0.1, 0.15) is 15.9 Å². The van der Waals surface area contributed by atoms with Crippen molar-refractivity contribution in [3.63, 3.8) is 0 Å². The second kappa shape index (κ2) is 5.78. The quantitative estimate of drug-likeness (QED) is 0.591. The number of sulfonamides is 1. The minimum atomic E-state index is -4.41. The van der Waals surface area contributed by atoms with Crippen LogP contribution < -0.4 is 4.74 Å². The first-order valence-corrected chi connectivity index (χ1v) is 8.34. The minimum absolute atomic E-state index is 0.0913. The van der Waals surface area contributed by atoms with Crippen LogP contribution in [-0.4, -0.2) is 30.6 Å². The molecule has 1 amide bonds. The monoisotopic (exact) mass is 377 g/mol. The zero-order valence-electron chi connectivity index (χ0n) is 13.0. The number of rotatable bonds is 3. The van der Waals surface area contributed by atoms with Crippen LogP contribution in [0.5, 0.6) is 11.5 Å². The van der Waals surface area contributed by atoms with E-state index in [1.165, 1.54) is 0 Å². The number of nitro benzene ring substituents is 1. The van der Waals surface area contributed by atoms with Gasteiger partial charge in [0.2, 0.25) is 5.75 Å². The fourth-order valence-electron chi connectivity index (χ4n) is 2.47. The van der Waals surface area contributed by atoms with Gasteiger partial charge in [-0.2, -0.15) is 5.26 Å². The Labute approximate surface area is 146 Å². The minimum Gasteiger partial charge on any atom is -0.450 e. The van der Waals surface area contributed by atoms with Crippen molar-refractivity contribution in [2.75, 3.05) is 7.05 Å². The van der Waals surface area contributed by atoms with Crippen molar-refractivity contribution < 1.29 is 27.3 Å². The van der Waals surface area contributed by atoms with Crippen molar-refractivity contribution in [1.82, 2.24) is 4.31 Å². The third-order valence-corrected chi connectivity index (χ3v) is 5.46. The molecule has 132 valence electrons. The molecule has 0 unspecified atom stereocenters. The second-order valence-electron chi connectivity index (χ2n) is 5.21. The van der Waals surface area contributed by atoms with Gasteiger partial charge in [0.1, 0.15) is 11.6 Å². The largest absolute Gasteiger partial charge is 0.450 e. The van der Waals surface area contributed by atoms with Gasteiger partial charge in [-0.15, -0.1) is 0 Å². The number of nitriles is 1. The highest BCUT2D eigenvalue weighted by atomic mass is 32.2. The molecule has 0 aromatic heterocycles. The van der Waals surface area contributed by atoms with Gasteiger partial charge in [-0.3, -0.25) is 14.9 Å². The third-order valence-electron chi connectivity index (χ3n) is 3.64. The van der Waals surface area contributed by atoms with E-state index in [-0.39, 0.29) is 16.9 Å². The lowest BCUT2D eigenvalue weighted by molar-refractivity contribution is -0.388. The Bertz CT molecular complexity index is 1120. The van der Waals surface area contributed by atoms with E-state index in [9.17, 15) is 27.7 Å². The van der Waals surface area contributed by atoms with Gasteiger partial charge in [0.05, 0.1) is 22.1 Å². The number of fused-ring (bicyclic) bond motifs is 1. The van der Waals surface area contributed by atoms with Crippen LogP contribution in [0.3, 0.4) is 0 Å². The lowest BCUT2D eigenvalue weighted by atomic mass is 10.1. The number of hydrogen-bond donors (Lipinski definition) is 0. The van der Waals surface area contributed by atoms with Gasteiger partial charge in [0.15, 0.2) is 4.90 Å². The van der Waals surface area contributed by atoms with E-state index < -0.39 is 43.0 Å². The molecule has 11 heteroatoms. The van der Waals surface area contributed by atoms with E-state index in [4.69, 9.17) is 10.00 Å². The van der Waals surface area contributed by atoms with Crippen LogP contribution in [-0.2, 0) is 10.0 Å². The molecule has 1 heterocycles. The number of ether oxygens (including phenoxy) is 1. The molecule has 1 aliphatic heterocycles. The molecule has 0 N–H and O–H groups in total. The standard InChI is InChI=1S/C15H8FN3O6S/c1-18-15(20)11-2-3-12(13(19(21)22)14(11)26(18,23)24)25-10-5-8(7-17)4-9(16)6-10/h2-6H,1H3. The van der Waals surface area contributed by atoms with Crippen molar-refractivity contribution in [1.29, 1.82) is 5.26 Å². The predicted molar refractivity (Wildman–Crippen MR) is 83.6 cm³/mol. The topological polar surface area (TPSA) is 131 Å². The summed E-state index contributed by atoms with van der Waals surface area (Å²) in [5.74, 6) is -2.47. The highest BCUT2D eigenvalue weighted by Crippen LogP contribution is 2.43. The third kappa shape index (κ3) is 2.52. The molecule has 0 atom stereocenters. The van der Waals surface area contributed by atoms with Crippen molar-refractivity contribution in [3.05, 3.63) is 57.4 Å². The van der Waals surface area contributed by atoms with Crippen LogP contribution in [0.15, 0.2) is 35.2 Å². The summed E-state index contributed by atoms with van der Waals surface area (Å²) in [6.07, 6.45) is 0. The molecular formula is C15H8FN3O6S. The van der Waals surface area contributed by atoms with E-state index in [0.717, 1.165) is 37.4 Å². The average molecular weight is 377 g/mol. The molecule has 2 aromatic rings. The summed E-state index contributed by atoms with van der Waals surface area (Å²) in [5.41, 5.74) is -1.39. The van der Waals surface area contributed by atoms with E-state index >= 15 is 0 Å². The molecule has 0 fully saturated rings. The van der Waals surface area contributed by atoms with Crippen LogP contribution in [0.25, 0.3) is 0 Å². The molecule has 0 aliphatic carbocycles. The Morgan fingerprint density at radius 1 is 1.31 bits per heavy atom. The molecule has 0 saturated heterocycles. The molecular weight excluding hydrogens is 369 g/mol. The Morgan fingerprint density at radius 2 is 2.00 bits per heavy atom. The summed E-state index contributed by atoms with van der Waals surface area (Å²) in [5, 5.41) is 20.3. The Kier molecular flexibility index (Phi) is 3.85. The van der Waals surface area contributed by atoms with Crippen molar-refractivity contribution in [2.45, 2.75) is 4.90 Å². The molecule has 26 heavy (non-hydrogen) atoms. The number of hydrogen-bond acceptors (Lipinski definition) is 7. The zero-order chi connectivity index (χ0) is 19.2. The normalized spacial score (nSPS) is 14.7. The Hall–Kier alpha value is -3.52. The maximum absolute atomic E-state index is 13.5. The van der Waals surface area contributed by atoms with Gasteiger partial charge >= 0.3 is 5.69 Å². The summed E-state index contributed by atoms with van der Waals surface area (Å²) >= 11 is 0. The maximum Gasteiger partial charge on any atom is 0.332 e. The molecule has 0 radical (unpaired) electrons. The van der Waals surface area contributed by atoms with Gasteiger partial charge in [-0.05, 0) is 24.3 Å². The van der Waals surface area contributed by atoms with Crippen molar-refractivity contribution in [3.8, 4) is 17.6 Å². The van der Waals surface area contributed by atoms with E-state index in [1.54, 1.807) is 6.07 Å². The van der Waals surface area contributed by atoms with Gasteiger partial charge in [0.25, 0.3) is 15.9 Å². The van der Waals surface area contributed by atoms with Gasteiger partial charge in [-0.1, -0.05) is 0 Å². The fraction of sp³-hybridized carbons (Fsp3) is 0.0667. The number of nitro groups is 1. The van der Waals surface area contributed by atoms with Gasteiger partial charge in [0, 0.05) is 13.1 Å². The van der Waals surface area contributed by atoms with E-state index in [2.05, 4.69) is 0 Å². The number of benzene rings is 2. The predicted octanol–water partition coefficient (Wildman–Crippen LogP) is 2.17. The molecule has 1 aliphatic rings. The van der Waals surface area contributed by atoms with Crippen molar-refractivity contribution >= 4 is 21.6 Å². The Balaban J connectivity index is 2.22. The number of nitrogens with zero attached hydrogens (tertiary/aromatic N) is 3. The van der Waals surface area contributed by atoms with Crippen LogP contribution in [0, 0.1) is 27.3 Å². The molecule has 2 aromatic carbocycles.